The zero-order valence-corrected chi connectivity index (χ0v) is 16.5. The third-order valence-corrected chi connectivity index (χ3v) is 6.34. The van der Waals surface area contributed by atoms with Crippen LogP contribution in [0, 0.1) is 19.8 Å². The highest BCUT2D eigenvalue weighted by Gasteiger charge is 2.35. The Hall–Kier alpha value is -1.65. The number of rotatable bonds is 5. The zero-order valence-electron chi connectivity index (χ0n) is 16.5. The van der Waals surface area contributed by atoms with Crippen molar-refractivity contribution in [2.24, 2.45) is 5.92 Å². The lowest BCUT2D eigenvalue weighted by Gasteiger charge is -2.36. The first-order valence-electron chi connectivity index (χ1n) is 10.2. The molecule has 140 valence electrons. The molecule has 4 heteroatoms. The van der Waals surface area contributed by atoms with E-state index in [2.05, 4.69) is 65.6 Å². The molecule has 3 aliphatic heterocycles. The highest BCUT2D eigenvalue weighted by molar-refractivity contribution is 5.24. The molecule has 0 unspecified atom stereocenters. The van der Waals surface area contributed by atoms with Crippen molar-refractivity contribution >= 4 is 0 Å². The summed E-state index contributed by atoms with van der Waals surface area (Å²) in [5.41, 5.74) is 5.45. The van der Waals surface area contributed by atoms with Gasteiger partial charge in [0.15, 0.2) is 0 Å². The highest BCUT2D eigenvalue weighted by atomic mass is 15.3. The van der Waals surface area contributed by atoms with Crippen molar-refractivity contribution in [1.29, 1.82) is 0 Å². The largest absolute Gasteiger partial charge is 0.297 e. The van der Waals surface area contributed by atoms with Crippen molar-refractivity contribution in [2.45, 2.75) is 59.3 Å². The lowest BCUT2D eigenvalue weighted by Crippen LogP contribution is -2.43. The van der Waals surface area contributed by atoms with Gasteiger partial charge in [-0.05, 0) is 45.1 Å². The number of nitrogens with zero attached hydrogens (tertiary/aromatic N) is 4. The van der Waals surface area contributed by atoms with Crippen LogP contribution < -0.4 is 0 Å². The Balaban J connectivity index is 1.47. The number of aromatic nitrogens is 2. The number of hydrogen-bond donors (Lipinski definition) is 0. The van der Waals surface area contributed by atoms with Gasteiger partial charge in [0, 0.05) is 56.6 Å². The predicted molar refractivity (Wildman–Crippen MR) is 106 cm³/mol. The van der Waals surface area contributed by atoms with Gasteiger partial charge < -0.3 is 0 Å². The monoisotopic (exact) mass is 352 g/mol. The van der Waals surface area contributed by atoms with Crippen molar-refractivity contribution in [1.82, 2.24) is 19.6 Å². The normalized spacial score (nSPS) is 24.1. The lowest BCUT2D eigenvalue weighted by atomic mass is 9.94. The van der Waals surface area contributed by atoms with E-state index < -0.39 is 0 Å². The van der Waals surface area contributed by atoms with Gasteiger partial charge in [-0.1, -0.05) is 30.3 Å². The lowest BCUT2D eigenvalue weighted by molar-refractivity contribution is 0.123. The summed E-state index contributed by atoms with van der Waals surface area (Å²) in [6.45, 7) is 13.4. The number of aryl methyl sites for hydroxylation is 2. The Morgan fingerprint density at radius 1 is 1.00 bits per heavy atom. The fourth-order valence-corrected chi connectivity index (χ4v) is 4.91. The van der Waals surface area contributed by atoms with Crippen LogP contribution in [0.4, 0.5) is 0 Å². The zero-order chi connectivity index (χ0) is 18.1. The van der Waals surface area contributed by atoms with E-state index >= 15 is 0 Å². The van der Waals surface area contributed by atoms with Crippen LogP contribution in [0.2, 0.25) is 0 Å². The molecule has 4 nitrogen and oxygen atoms in total. The number of fused-ring (bicyclic) bond motifs is 4. The van der Waals surface area contributed by atoms with Crippen molar-refractivity contribution in [3.8, 4) is 0 Å². The molecule has 2 atom stereocenters. The average Bonchev–Trinajstić information content (AvgIpc) is 2.81. The van der Waals surface area contributed by atoms with Gasteiger partial charge in [-0.25, -0.2) is 0 Å². The third-order valence-electron chi connectivity index (χ3n) is 6.34. The molecule has 3 fully saturated rings. The summed E-state index contributed by atoms with van der Waals surface area (Å²) in [5.74, 6) is 0.805. The molecule has 0 spiro atoms. The molecular formula is C22H32N4. The second kappa shape index (κ2) is 7.53. The van der Waals surface area contributed by atoms with Gasteiger partial charge in [0.2, 0.25) is 0 Å². The topological polar surface area (TPSA) is 24.3 Å². The molecule has 3 saturated heterocycles. The predicted octanol–water partition coefficient (Wildman–Crippen LogP) is 3.62. The standard InChI is InChI=1S/C22H32N4/c1-4-26-18(3)22(17(2)23-26)16-24-12-20-10-11-21(15-24)25(14-20)13-19-8-6-5-7-9-19/h5-9,20-21H,4,10-16H2,1-3H3/t20-,21+/m0/s1. The van der Waals surface area contributed by atoms with E-state index in [9.17, 15) is 0 Å². The minimum atomic E-state index is 0.691. The maximum Gasteiger partial charge on any atom is 0.0641 e. The second-order valence-corrected chi connectivity index (χ2v) is 8.17. The van der Waals surface area contributed by atoms with Gasteiger partial charge in [-0.3, -0.25) is 14.5 Å². The summed E-state index contributed by atoms with van der Waals surface area (Å²) in [7, 11) is 0. The molecule has 2 bridgehead atoms. The van der Waals surface area contributed by atoms with E-state index in [1.165, 1.54) is 55.0 Å². The second-order valence-electron chi connectivity index (χ2n) is 8.17. The average molecular weight is 353 g/mol. The summed E-state index contributed by atoms with van der Waals surface area (Å²) < 4.78 is 2.15. The van der Waals surface area contributed by atoms with Gasteiger partial charge in [-0.15, -0.1) is 0 Å². The van der Waals surface area contributed by atoms with E-state index in [4.69, 9.17) is 5.10 Å². The Labute approximate surface area is 157 Å². The molecule has 0 N–H and O–H groups in total. The Bertz CT molecular complexity index is 736. The molecule has 0 aliphatic carbocycles. The van der Waals surface area contributed by atoms with Crippen LogP contribution in [-0.4, -0.2) is 45.3 Å². The van der Waals surface area contributed by atoms with Gasteiger partial charge in [0.05, 0.1) is 5.69 Å². The van der Waals surface area contributed by atoms with E-state index in [1.54, 1.807) is 0 Å². The van der Waals surface area contributed by atoms with Crippen molar-refractivity contribution in [3.05, 3.63) is 52.8 Å². The highest BCUT2D eigenvalue weighted by Crippen LogP contribution is 2.30. The van der Waals surface area contributed by atoms with Gasteiger partial charge >= 0.3 is 0 Å². The first-order valence-corrected chi connectivity index (χ1v) is 10.2. The van der Waals surface area contributed by atoms with Crippen LogP contribution in [-0.2, 0) is 19.6 Å². The molecule has 26 heavy (non-hydrogen) atoms. The van der Waals surface area contributed by atoms with Crippen molar-refractivity contribution in [2.75, 3.05) is 19.6 Å². The smallest absolute Gasteiger partial charge is 0.0641 e. The van der Waals surface area contributed by atoms with Crippen LogP contribution in [0.5, 0.6) is 0 Å². The molecular weight excluding hydrogens is 320 g/mol. The van der Waals surface area contributed by atoms with E-state index in [-0.39, 0.29) is 0 Å². The van der Waals surface area contributed by atoms with Gasteiger partial charge in [-0.2, -0.15) is 5.10 Å². The quantitative estimate of drug-likeness (QED) is 0.821. The number of hydrogen-bond acceptors (Lipinski definition) is 3. The van der Waals surface area contributed by atoms with Gasteiger partial charge in [0.1, 0.15) is 0 Å². The van der Waals surface area contributed by atoms with E-state index in [1.807, 2.05) is 0 Å². The summed E-state index contributed by atoms with van der Waals surface area (Å²) in [4.78, 5) is 5.43. The fourth-order valence-electron chi connectivity index (χ4n) is 4.91. The fraction of sp³-hybridized carbons (Fsp3) is 0.591. The van der Waals surface area contributed by atoms with Crippen LogP contribution in [0.3, 0.4) is 0 Å². The third kappa shape index (κ3) is 3.58. The SMILES string of the molecule is CCn1nc(C)c(CN2C[C@@H]3CC[C@H](C2)N(Cc2ccccc2)C3)c1C. The number of piperidine rings is 1. The molecule has 5 rings (SSSR count). The van der Waals surface area contributed by atoms with Crippen LogP contribution >= 0.6 is 0 Å². The summed E-state index contributed by atoms with van der Waals surface area (Å²) in [6.07, 6.45) is 2.73. The maximum atomic E-state index is 4.72. The molecule has 1 aromatic carbocycles. The molecule has 3 aliphatic rings. The molecule has 4 heterocycles. The van der Waals surface area contributed by atoms with Crippen LogP contribution in [0.25, 0.3) is 0 Å². The molecule has 0 saturated carbocycles. The number of benzene rings is 1. The molecule has 2 aromatic rings. The molecule has 1 aromatic heterocycles. The Morgan fingerprint density at radius 2 is 1.81 bits per heavy atom. The minimum Gasteiger partial charge on any atom is -0.297 e. The van der Waals surface area contributed by atoms with Crippen molar-refractivity contribution < 1.29 is 0 Å². The van der Waals surface area contributed by atoms with Gasteiger partial charge in [0.25, 0.3) is 0 Å². The van der Waals surface area contributed by atoms with E-state index in [0.29, 0.717) is 6.04 Å². The first kappa shape index (κ1) is 17.7. The first-order chi connectivity index (χ1) is 12.6. The van der Waals surface area contributed by atoms with E-state index in [0.717, 1.165) is 25.6 Å². The van der Waals surface area contributed by atoms with Crippen LogP contribution in [0.15, 0.2) is 30.3 Å². The molecule has 0 amide bonds. The summed E-state index contributed by atoms with van der Waals surface area (Å²) in [5, 5.41) is 4.72. The van der Waals surface area contributed by atoms with Crippen molar-refractivity contribution in [3.63, 3.8) is 0 Å². The summed E-state index contributed by atoms with van der Waals surface area (Å²) >= 11 is 0. The maximum absolute atomic E-state index is 4.72. The summed E-state index contributed by atoms with van der Waals surface area (Å²) in [6, 6.07) is 11.7. The minimum absolute atomic E-state index is 0.691. The Kier molecular flexibility index (Phi) is 5.14. The van der Waals surface area contributed by atoms with Crippen LogP contribution in [0.1, 0.15) is 42.3 Å². The Morgan fingerprint density at radius 3 is 2.54 bits per heavy atom. The molecule has 0 radical (unpaired) electrons.